The van der Waals surface area contributed by atoms with Crippen molar-refractivity contribution in [3.8, 4) is 11.5 Å². The van der Waals surface area contributed by atoms with Crippen molar-refractivity contribution >= 4 is 35.6 Å². The minimum atomic E-state index is 0. The van der Waals surface area contributed by atoms with Crippen LogP contribution in [-0.4, -0.2) is 46.0 Å². The fourth-order valence-corrected chi connectivity index (χ4v) is 3.03. The van der Waals surface area contributed by atoms with E-state index in [1.54, 1.807) is 7.05 Å². The van der Waals surface area contributed by atoms with Gasteiger partial charge in [0, 0.05) is 38.4 Å². The molecule has 0 aromatic heterocycles. The number of nitrogens with one attached hydrogen (secondary N) is 2. The number of benzene rings is 2. The second-order valence-electron chi connectivity index (χ2n) is 6.89. The van der Waals surface area contributed by atoms with Gasteiger partial charge >= 0.3 is 0 Å². The number of nitrogens with zero attached hydrogens (tertiary/aromatic N) is 1. The van der Waals surface area contributed by atoms with E-state index in [4.69, 9.17) is 14.2 Å². The molecule has 0 fully saturated rings. The van der Waals surface area contributed by atoms with Gasteiger partial charge in [0.1, 0.15) is 0 Å². The quantitative estimate of drug-likeness (QED) is 0.219. The standard InChI is InChI=1S/C23H31N3O3.HI/c1-24-23(26-20-10-11-21-22(18-20)29-16-7-15-28-21)25-13-5-6-14-27-17-12-19-8-3-2-4-9-19;/h2-4,8-11,18H,5-7,12-17H2,1H3,(H2,24,25,26);1H. The monoisotopic (exact) mass is 525 g/mol. The average molecular weight is 525 g/mol. The fourth-order valence-electron chi connectivity index (χ4n) is 3.03. The van der Waals surface area contributed by atoms with Gasteiger partial charge in [-0.05, 0) is 37.0 Å². The summed E-state index contributed by atoms with van der Waals surface area (Å²) < 4.78 is 17.1. The highest BCUT2D eigenvalue weighted by molar-refractivity contribution is 14.0. The Morgan fingerprint density at radius 1 is 1.00 bits per heavy atom. The van der Waals surface area contributed by atoms with Crippen molar-refractivity contribution in [2.24, 2.45) is 4.99 Å². The van der Waals surface area contributed by atoms with E-state index in [2.05, 4.69) is 39.9 Å². The molecule has 164 valence electrons. The number of unbranched alkanes of at least 4 members (excludes halogenated alkanes) is 1. The maximum absolute atomic E-state index is 5.74. The number of ether oxygens (including phenoxy) is 3. The van der Waals surface area contributed by atoms with Crippen LogP contribution in [0.5, 0.6) is 11.5 Å². The number of fused-ring (bicyclic) bond motifs is 1. The molecular formula is C23H32IN3O3. The van der Waals surface area contributed by atoms with E-state index in [9.17, 15) is 0 Å². The maximum Gasteiger partial charge on any atom is 0.195 e. The van der Waals surface area contributed by atoms with Gasteiger partial charge in [0.15, 0.2) is 17.5 Å². The molecule has 6 nitrogen and oxygen atoms in total. The molecule has 3 rings (SSSR count). The molecule has 1 aliphatic rings. The van der Waals surface area contributed by atoms with Crippen LogP contribution in [0.25, 0.3) is 0 Å². The van der Waals surface area contributed by atoms with Crippen LogP contribution < -0.4 is 20.1 Å². The second-order valence-corrected chi connectivity index (χ2v) is 6.89. The number of anilines is 1. The zero-order chi connectivity index (χ0) is 20.2. The molecule has 2 aromatic rings. The zero-order valence-corrected chi connectivity index (χ0v) is 19.9. The molecule has 0 saturated carbocycles. The summed E-state index contributed by atoms with van der Waals surface area (Å²) >= 11 is 0. The lowest BCUT2D eigenvalue weighted by atomic mass is 10.2. The average Bonchev–Trinajstić information content (AvgIpc) is 3.00. The smallest absolute Gasteiger partial charge is 0.195 e. The summed E-state index contributed by atoms with van der Waals surface area (Å²) in [6.45, 7) is 3.76. The van der Waals surface area contributed by atoms with Crippen LogP contribution >= 0.6 is 24.0 Å². The highest BCUT2D eigenvalue weighted by Gasteiger charge is 2.11. The predicted octanol–water partition coefficient (Wildman–Crippen LogP) is 4.49. The third-order valence-electron chi connectivity index (χ3n) is 4.62. The Bertz CT molecular complexity index is 772. The number of guanidine groups is 1. The number of hydrogen-bond acceptors (Lipinski definition) is 4. The Balaban J connectivity index is 0.00000320. The molecule has 2 aromatic carbocycles. The lowest BCUT2D eigenvalue weighted by Gasteiger charge is -2.14. The van der Waals surface area contributed by atoms with Crippen LogP contribution in [0.15, 0.2) is 53.5 Å². The molecule has 1 heterocycles. The van der Waals surface area contributed by atoms with E-state index in [0.717, 1.165) is 68.6 Å². The van der Waals surface area contributed by atoms with Gasteiger partial charge < -0.3 is 24.8 Å². The minimum Gasteiger partial charge on any atom is -0.490 e. The third kappa shape index (κ3) is 8.39. The Labute approximate surface area is 196 Å². The van der Waals surface area contributed by atoms with Gasteiger partial charge in [0.05, 0.1) is 19.8 Å². The molecule has 0 bridgehead atoms. The topological polar surface area (TPSA) is 64.1 Å². The number of halogens is 1. The fraction of sp³-hybridized carbons (Fsp3) is 0.435. The van der Waals surface area contributed by atoms with Crippen LogP contribution in [0.2, 0.25) is 0 Å². The van der Waals surface area contributed by atoms with E-state index >= 15 is 0 Å². The summed E-state index contributed by atoms with van der Waals surface area (Å²) in [7, 11) is 1.77. The third-order valence-corrected chi connectivity index (χ3v) is 4.62. The van der Waals surface area contributed by atoms with Gasteiger partial charge in [0.25, 0.3) is 0 Å². The van der Waals surface area contributed by atoms with Crippen LogP contribution in [0, 0.1) is 0 Å². The van der Waals surface area contributed by atoms with Crippen LogP contribution in [0.1, 0.15) is 24.8 Å². The van der Waals surface area contributed by atoms with Gasteiger partial charge in [-0.2, -0.15) is 0 Å². The summed E-state index contributed by atoms with van der Waals surface area (Å²) in [5.74, 6) is 2.31. The van der Waals surface area contributed by atoms with Crippen LogP contribution in [-0.2, 0) is 11.2 Å². The molecular weight excluding hydrogens is 493 g/mol. The molecule has 0 spiro atoms. The van der Waals surface area contributed by atoms with Gasteiger partial charge in [-0.25, -0.2) is 0 Å². The molecule has 0 aliphatic carbocycles. The Hall–Kier alpha value is -2.00. The highest BCUT2D eigenvalue weighted by atomic mass is 127. The van der Waals surface area contributed by atoms with Gasteiger partial charge in [0.2, 0.25) is 0 Å². The van der Waals surface area contributed by atoms with Crippen molar-refractivity contribution in [1.82, 2.24) is 5.32 Å². The zero-order valence-electron chi connectivity index (χ0n) is 17.6. The number of rotatable bonds is 9. The van der Waals surface area contributed by atoms with Gasteiger partial charge in [-0.3, -0.25) is 4.99 Å². The van der Waals surface area contributed by atoms with E-state index in [0.29, 0.717) is 13.2 Å². The van der Waals surface area contributed by atoms with Crippen molar-refractivity contribution in [3.63, 3.8) is 0 Å². The summed E-state index contributed by atoms with van der Waals surface area (Å²) in [4.78, 5) is 4.29. The first-order valence-corrected chi connectivity index (χ1v) is 10.3. The van der Waals surface area contributed by atoms with Crippen molar-refractivity contribution in [3.05, 3.63) is 54.1 Å². The van der Waals surface area contributed by atoms with E-state index < -0.39 is 0 Å². The summed E-state index contributed by atoms with van der Waals surface area (Å²) in [5, 5.41) is 6.64. The molecule has 0 radical (unpaired) electrons. The molecule has 30 heavy (non-hydrogen) atoms. The predicted molar refractivity (Wildman–Crippen MR) is 133 cm³/mol. The molecule has 7 heteroatoms. The van der Waals surface area contributed by atoms with Crippen LogP contribution in [0.3, 0.4) is 0 Å². The van der Waals surface area contributed by atoms with Crippen molar-refractivity contribution in [2.45, 2.75) is 25.7 Å². The number of hydrogen-bond donors (Lipinski definition) is 2. The number of aliphatic imine (C=N–C) groups is 1. The van der Waals surface area contributed by atoms with E-state index in [-0.39, 0.29) is 24.0 Å². The first-order chi connectivity index (χ1) is 14.3. The summed E-state index contributed by atoms with van der Waals surface area (Å²) in [5.41, 5.74) is 2.24. The Kier molecular flexibility index (Phi) is 11.4. The van der Waals surface area contributed by atoms with Crippen molar-refractivity contribution in [1.29, 1.82) is 0 Å². The summed E-state index contributed by atoms with van der Waals surface area (Å²) in [6, 6.07) is 16.3. The normalized spacial score (nSPS) is 13.2. The van der Waals surface area contributed by atoms with E-state index in [1.165, 1.54) is 5.56 Å². The van der Waals surface area contributed by atoms with Crippen molar-refractivity contribution < 1.29 is 14.2 Å². The SMILES string of the molecule is CN=C(NCCCCOCCc1ccccc1)Nc1ccc2c(c1)OCCCO2.I. The minimum absolute atomic E-state index is 0. The summed E-state index contributed by atoms with van der Waals surface area (Å²) in [6.07, 6.45) is 3.90. The highest BCUT2D eigenvalue weighted by Crippen LogP contribution is 2.32. The van der Waals surface area contributed by atoms with Gasteiger partial charge in [-0.1, -0.05) is 30.3 Å². The molecule has 1 aliphatic heterocycles. The maximum atomic E-state index is 5.74. The molecule has 2 N–H and O–H groups in total. The molecule has 0 atom stereocenters. The lowest BCUT2D eigenvalue weighted by molar-refractivity contribution is 0.133. The Morgan fingerprint density at radius 2 is 1.80 bits per heavy atom. The lowest BCUT2D eigenvalue weighted by Crippen LogP contribution is -2.31. The molecule has 0 saturated heterocycles. The molecule has 0 unspecified atom stereocenters. The molecule has 0 amide bonds. The van der Waals surface area contributed by atoms with Crippen LogP contribution in [0.4, 0.5) is 5.69 Å². The van der Waals surface area contributed by atoms with E-state index in [1.807, 2.05) is 24.3 Å². The Morgan fingerprint density at radius 3 is 2.60 bits per heavy atom. The largest absolute Gasteiger partial charge is 0.490 e. The first-order valence-electron chi connectivity index (χ1n) is 10.3. The van der Waals surface area contributed by atoms with Gasteiger partial charge in [-0.15, -0.1) is 24.0 Å². The first kappa shape index (κ1) is 24.3. The van der Waals surface area contributed by atoms with Crippen molar-refractivity contribution in [2.75, 3.05) is 45.3 Å². The second kappa shape index (κ2) is 14.1.